The first kappa shape index (κ1) is 28.9. The van der Waals surface area contributed by atoms with Crippen LogP contribution < -0.4 is 4.72 Å². The highest BCUT2D eigenvalue weighted by Crippen LogP contribution is 2.40. The maximum Gasteiger partial charge on any atom is 0.417 e. The number of hydrogen-bond donors (Lipinski definition) is 1. The van der Waals surface area contributed by atoms with Crippen LogP contribution in [0.25, 0.3) is 10.9 Å². The lowest BCUT2D eigenvalue weighted by Crippen LogP contribution is -2.47. The van der Waals surface area contributed by atoms with Gasteiger partial charge >= 0.3 is 12.3 Å². The highest BCUT2D eigenvalue weighted by atomic mass is 32.2. The molecule has 2 heterocycles. The van der Waals surface area contributed by atoms with Crippen molar-refractivity contribution < 1.29 is 39.5 Å². The SMILES string of the molecule is CC(C)(C)OC(=O)N1CCC(NS(=O)(=O)c2cn(S(=O)(=O)c3ccccc3)c3cccc(C(F)(F)F)c23)CC1. The van der Waals surface area contributed by atoms with Gasteiger partial charge in [-0.25, -0.2) is 30.3 Å². The second-order valence-electron chi connectivity index (χ2n) is 10.2. The lowest BCUT2D eigenvalue weighted by Gasteiger charge is -2.33. The minimum absolute atomic E-state index is 0.167. The highest BCUT2D eigenvalue weighted by molar-refractivity contribution is 7.91. The number of fused-ring (bicyclic) bond motifs is 1. The molecule has 0 saturated carbocycles. The molecule has 1 N–H and O–H groups in total. The van der Waals surface area contributed by atoms with Gasteiger partial charge in [0, 0.05) is 30.7 Å². The van der Waals surface area contributed by atoms with Crippen molar-refractivity contribution in [2.24, 2.45) is 0 Å². The standard InChI is InChI=1S/C25H28F3N3O6S2/c1-24(2,3)37-23(32)30-14-12-17(13-15-30)29-38(33,34)21-16-31(39(35,36)18-8-5-4-6-9-18)20-11-7-10-19(22(20)21)25(26,27)28/h4-11,16-17,29H,12-15H2,1-3H3. The van der Waals surface area contributed by atoms with Gasteiger partial charge in [-0.05, 0) is 57.9 Å². The molecular formula is C25H28F3N3O6S2. The summed E-state index contributed by atoms with van der Waals surface area (Å²) in [7, 11) is -9.06. The number of nitrogens with zero attached hydrogens (tertiary/aromatic N) is 2. The van der Waals surface area contributed by atoms with Crippen molar-refractivity contribution in [2.45, 2.75) is 61.2 Å². The summed E-state index contributed by atoms with van der Waals surface area (Å²) in [5, 5.41) is -0.747. The van der Waals surface area contributed by atoms with E-state index in [1.807, 2.05) is 0 Å². The normalized spacial score (nSPS) is 16.0. The van der Waals surface area contributed by atoms with E-state index in [1.54, 1.807) is 26.8 Å². The van der Waals surface area contributed by atoms with Crippen LogP contribution in [0, 0.1) is 0 Å². The van der Waals surface area contributed by atoms with Gasteiger partial charge in [-0.1, -0.05) is 24.3 Å². The molecule has 0 unspecified atom stereocenters. The first-order valence-electron chi connectivity index (χ1n) is 12.0. The number of amides is 1. The van der Waals surface area contributed by atoms with Crippen molar-refractivity contribution in [3.8, 4) is 0 Å². The Morgan fingerprint density at radius 2 is 1.56 bits per heavy atom. The number of sulfonamides is 1. The lowest BCUT2D eigenvalue weighted by atomic mass is 10.1. The minimum atomic E-state index is -4.95. The summed E-state index contributed by atoms with van der Waals surface area (Å²) < 4.78 is 104. The Bertz CT molecular complexity index is 1590. The average Bonchev–Trinajstić information content (AvgIpc) is 3.25. The zero-order valence-electron chi connectivity index (χ0n) is 21.4. The van der Waals surface area contributed by atoms with Crippen LogP contribution >= 0.6 is 0 Å². The number of piperidine rings is 1. The van der Waals surface area contributed by atoms with Crippen molar-refractivity contribution in [1.29, 1.82) is 0 Å². The maximum absolute atomic E-state index is 14.0. The number of alkyl halides is 3. The molecule has 0 spiro atoms. The van der Waals surface area contributed by atoms with Gasteiger partial charge in [0.05, 0.1) is 16.0 Å². The summed E-state index contributed by atoms with van der Waals surface area (Å²) in [6.45, 7) is 5.49. The van der Waals surface area contributed by atoms with Crippen LogP contribution in [-0.2, 0) is 31.0 Å². The zero-order valence-corrected chi connectivity index (χ0v) is 23.0. The Morgan fingerprint density at radius 1 is 0.949 bits per heavy atom. The molecular weight excluding hydrogens is 559 g/mol. The Hall–Kier alpha value is -3.10. The molecule has 1 fully saturated rings. The van der Waals surface area contributed by atoms with Gasteiger partial charge in [0.1, 0.15) is 10.5 Å². The molecule has 0 aliphatic carbocycles. The topological polar surface area (TPSA) is 115 Å². The van der Waals surface area contributed by atoms with E-state index in [0.717, 1.165) is 12.1 Å². The summed E-state index contributed by atoms with van der Waals surface area (Å²) in [4.78, 5) is 12.7. The van der Waals surface area contributed by atoms with Crippen molar-refractivity contribution >= 4 is 37.0 Å². The summed E-state index contributed by atoms with van der Waals surface area (Å²) in [5.41, 5.74) is -2.41. The van der Waals surface area contributed by atoms with Crippen LogP contribution in [0.1, 0.15) is 39.2 Å². The third-order valence-electron chi connectivity index (χ3n) is 6.12. The highest BCUT2D eigenvalue weighted by Gasteiger charge is 2.38. The van der Waals surface area contributed by atoms with E-state index < -0.39 is 65.3 Å². The summed E-state index contributed by atoms with van der Waals surface area (Å²) >= 11 is 0. The smallest absolute Gasteiger partial charge is 0.417 e. The molecule has 2 aromatic carbocycles. The van der Waals surface area contributed by atoms with Crippen LogP contribution in [-0.4, -0.2) is 56.5 Å². The molecule has 4 rings (SSSR count). The van der Waals surface area contributed by atoms with Crippen LogP contribution in [0.3, 0.4) is 0 Å². The Kier molecular flexibility index (Phi) is 7.51. The molecule has 0 radical (unpaired) electrons. The molecule has 1 aromatic heterocycles. The number of likely N-dealkylation sites (tertiary alicyclic amines) is 1. The van der Waals surface area contributed by atoms with Crippen LogP contribution in [0.2, 0.25) is 0 Å². The van der Waals surface area contributed by atoms with Crippen LogP contribution in [0.15, 0.2) is 64.5 Å². The molecule has 1 aliphatic rings. The number of carbonyl (C=O) groups excluding carboxylic acids is 1. The molecule has 1 amide bonds. The number of benzene rings is 2. The van der Waals surface area contributed by atoms with E-state index in [0.29, 0.717) is 16.2 Å². The third kappa shape index (κ3) is 6.07. The van der Waals surface area contributed by atoms with E-state index in [1.165, 1.54) is 29.2 Å². The van der Waals surface area contributed by atoms with Crippen molar-refractivity contribution in [3.63, 3.8) is 0 Å². The molecule has 9 nitrogen and oxygen atoms in total. The van der Waals surface area contributed by atoms with Gasteiger partial charge in [-0.15, -0.1) is 0 Å². The molecule has 3 aromatic rings. The number of hydrogen-bond acceptors (Lipinski definition) is 6. The van der Waals surface area contributed by atoms with E-state index in [-0.39, 0.29) is 30.8 Å². The average molecular weight is 588 g/mol. The van der Waals surface area contributed by atoms with E-state index >= 15 is 0 Å². The summed E-state index contributed by atoms with van der Waals surface area (Å²) in [6.07, 6.45) is -4.42. The Labute approximate surface area is 224 Å². The van der Waals surface area contributed by atoms with Gasteiger partial charge in [-0.3, -0.25) is 0 Å². The first-order chi connectivity index (χ1) is 18.0. The van der Waals surface area contributed by atoms with Crippen LogP contribution in [0.4, 0.5) is 18.0 Å². The minimum Gasteiger partial charge on any atom is -0.444 e. The molecule has 1 saturated heterocycles. The fraction of sp³-hybridized carbons (Fsp3) is 0.400. The van der Waals surface area contributed by atoms with Crippen LogP contribution in [0.5, 0.6) is 0 Å². The second kappa shape index (κ2) is 10.1. The number of halogens is 3. The predicted octanol–water partition coefficient (Wildman–Crippen LogP) is 4.57. The molecule has 212 valence electrons. The van der Waals surface area contributed by atoms with E-state index in [4.69, 9.17) is 4.74 Å². The number of aromatic nitrogens is 1. The van der Waals surface area contributed by atoms with E-state index in [9.17, 15) is 34.8 Å². The number of rotatable bonds is 5. The molecule has 0 bridgehead atoms. The van der Waals surface area contributed by atoms with Gasteiger partial charge in [-0.2, -0.15) is 13.2 Å². The quantitative estimate of drug-likeness (QED) is 0.468. The third-order valence-corrected chi connectivity index (χ3v) is 9.34. The zero-order chi connectivity index (χ0) is 28.8. The first-order valence-corrected chi connectivity index (χ1v) is 15.0. The van der Waals surface area contributed by atoms with Gasteiger partial charge in [0.15, 0.2) is 0 Å². The fourth-order valence-electron chi connectivity index (χ4n) is 4.36. The van der Waals surface area contributed by atoms with Gasteiger partial charge in [0.25, 0.3) is 10.0 Å². The van der Waals surface area contributed by atoms with Crippen molar-refractivity contribution in [2.75, 3.05) is 13.1 Å². The fourth-order valence-corrected chi connectivity index (χ4v) is 7.34. The predicted molar refractivity (Wildman–Crippen MR) is 137 cm³/mol. The Balaban J connectivity index is 1.72. The number of carbonyl (C=O) groups is 1. The van der Waals surface area contributed by atoms with Crippen molar-refractivity contribution in [3.05, 3.63) is 60.3 Å². The molecule has 1 aliphatic heterocycles. The van der Waals surface area contributed by atoms with Gasteiger partial charge in [0.2, 0.25) is 10.0 Å². The molecule has 39 heavy (non-hydrogen) atoms. The van der Waals surface area contributed by atoms with E-state index in [2.05, 4.69) is 4.72 Å². The number of nitrogens with one attached hydrogen (secondary N) is 1. The molecule has 14 heteroatoms. The largest absolute Gasteiger partial charge is 0.444 e. The summed E-state index contributed by atoms with van der Waals surface area (Å²) in [5.74, 6) is 0. The molecule has 0 atom stereocenters. The number of ether oxygens (including phenoxy) is 1. The summed E-state index contributed by atoms with van der Waals surface area (Å²) in [6, 6.07) is 9.16. The lowest BCUT2D eigenvalue weighted by molar-refractivity contribution is -0.136. The van der Waals surface area contributed by atoms with Crippen molar-refractivity contribution in [1.82, 2.24) is 13.6 Å². The van der Waals surface area contributed by atoms with Gasteiger partial charge < -0.3 is 9.64 Å². The monoisotopic (exact) mass is 587 g/mol. The maximum atomic E-state index is 14.0. The second-order valence-corrected chi connectivity index (χ2v) is 13.7. The Morgan fingerprint density at radius 3 is 2.13 bits per heavy atom.